The van der Waals surface area contributed by atoms with Crippen LogP contribution in [0.3, 0.4) is 0 Å². The Labute approximate surface area is 96.9 Å². The maximum Gasteiger partial charge on any atom is 0.573 e. The van der Waals surface area contributed by atoms with Crippen LogP contribution in [0.2, 0.25) is 0 Å². The van der Waals surface area contributed by atoms with E-state index in [0.29, 0.717) is 6.07 Å². The van der Waals surface area contributed by atoms with E-state index in [1.807, 2.05) is 0 Å². The molecule has 102 valence electrons. The molecule has 0 aliphatic carbocycles. The Morgan fingerprint density at radius 2 is 1.06 bits per heavy atom. The van der Waals surface area contributed by atoms with Crippen molar-refractivity contribution in [2.75, 3.05) is 7.11 Å². The van der Waals surface area contributed by atoms with Crippen molar-refractivity contribution in [3.8, 4) is 17.2 Å². The van der Waals surface area contributed by atoms with E-state index in [1.165, 1.54) is 0 Å². The lowest BCUT2D eigenvalue weighted by molar-refractivity contribution is -0.276. The van der Waals surface area contributed by atoms with Crippen LogP contribution in [0, 0.1) is 0 Å². The van der Waals surface area contributed by atoms with Gasteiger partial charge in [-0.3, -0.25) is 0 Å². The zero-order chi connectivity index (χ0) is 14.0. The Morgan fingerprint density at radius 1 is 0.722 bits per heavy atom. The molecule has 0 unspecified atom stereocenters. The third kappa shape index (κ3) is 5.02. The number of hydrogen-bond donors (Lipinski definition) is 0. The van der Waals surface area contributed by atoms with Crippen molar-refractivity contribution in [3.05, 3.63) is 18.2 Å². The summed E-state index contributed by atoms with van der Waals surface area (Å²) in [5.74, 6) is -2.02. The normalized spacial score (nSPS) is 12.2. The number of alkyl halides is 6. The van der Waals surface area contributed by atoms with Gasteiger partial charge in [0.2, 0.25) is 0 Å². The Kier molecular flexibility index (Phi) is 3.82. The monoisotopic (exact) mass is 276 g/mol. The fourth-order valence-electron chi connectivity index (χ4n) is 1.05. The summed E-state index contributed by atoms with van der Waals surface area (Å²) in [7, 11) is 1.07. The number of hydrogen-bond acceptors (Lipinski definition) is 3. The lowest BCUT2D eigenvalue weighted by Crippen LogP contribution is -2.19. The van der Waals surface area contributed by atoms with Crippen LogP contribution in [0.5, 0.6) is 17.2 Å². The van der Waals surface area contributed by atoms with Crippen LogP contribution in [-0.4, -0.2) is 19.8 Å². The van der Waals surface area contributed by atoms with Gasteiger partial charge in [-0.2, -0.15) is 0 Å². The van der Waals surface area contributed by atoms with E-state index in [-0.39, 0.29) is 5.75 Å². The molecule has 0 radical (unpaired) electrons. The van der Waals surface area contributed by atoms with E-state index in [4.69, 9.17) is 0 Å². The fraction of sp³-hybridized carbons (Fsp3) is 0.333. The van der Waals surface area contributed by atoms with E-state index >= 15 is 0 Å². The minimum Gasteiger partial charge on any atom is -0.496 e. The first-order valence-electron chi connectivity index (χ1n) is 4.29. The van der Waals surface area contributed by atoms with Gasteiger partial charge < -0.3 is 14.2 Å². The summed E-state index contributed by atoms with van der Waals surface area (Å²) in [5.41, 5.74) is 0. The van der Waals surface area contributed by atoms with Gasteiger partial charge in [-0.1, -0.05) is 0 Å². The van der Waals surface area contributed by atoms with E-state index in [1.54, 1.807) is 0 Å². The molecule has 0 saturated carbocycles. The molecule has 3 nitrogen and oxygen atoms in total. The van der Waals surface area contributed by atoms with Gasteiger partial charge in [0, 0.05) is 18.2 Å². The van der Waals surface area contributed by atoms with Crippen molar-refractivity contribution in [2.24, 2.45) is 0 Å². The van der Waals surface area contributed by atoms with Crippen LogP contribution in [0.4, 0.5) is 26.3 Å². The molecule has 0 saturated heterocycles. The average molecular weight is 276 g/mol. The third-order valence-electron chi connectivity index (χ3n) is 1.56. The third-order valence-corrected chi connectivity index (χ3v) is 1.56. The molecule has 0 bridgehead atoms. The van der Waals surface area contributed by atoms with Gasteiger partial charge in [-0.15, -0.1) is 26.3 Å². The molecule has 0 aromatic heterocycles. The maximum absolute atomic E-state index is 11.9. The summed E-state index contributed by atoms with van der Waals surface area (Å²) in [6.07, 6.45) is -10.1. The van der Waals surface area contributed by atoms with E-state index < -0.39 is 24.2 Å². The zero-order valence-electron chi connectivity index (χ0n) is 8.72. The molecular formula is C9H6F6O3. The Balaban J connectivity index is 3.02. The number of ether oxygens (including phenoxy) is 3. The van der Waals surface area contributed by atoms with E-state index in [0.717, 1.165) is 19.2 Å². The molecule has 0 atom stereocenters. The SMILES string of the molecule is COc1cc(OC(F)(F)F)cc(OC(F)(F)F)c1. The lowest BCUT2D eigenvalue weighted by Gasteiger charge is -2.13. The van der Waals surface area contributed by atoms with Gasteiger partial charge in [0.25, 0.3) is 0 Å². The predicted octanol–water partition coefficient (Wildman–Crippen LogP) is 3.49. The summed E-state index contributed by atoms with van der Waals surface area (Å²) in [6.45, 7) is 0. The van der Waals surface area contributed by atoms with Crippen LogP contribution >= 0.6 is 0 Å². The molecule has 9 heteroatoms. The summed E-state index contributed by atoms with van der Waals surface area (Å²) >= 11 is 0. The van der Waals surface area contributed by atoms with Crippen LogP contribution in [0.1, 0.15) is 0 Å². The smallest absolute Gasteiger partial charge is 0.496 e. The molecular weight excluding hydrogens is 270 g/mol. The second-order valence-electron chi connectivity index (χ2n) is 2.94. The Hall–Kier alpha value is -1.80. The highest BCUT2D eigenvalue weighted by atomic mass is 19.4. The van der Waals surface area contributed by atoms with Gasteiger partial charge in [0.15, 0.2) is 0 Å². The van der Waals surface area contributed by atoms with Crippen molar-refractivity contribution in [1.29, 1.82) is 0 Å². The second-order valence-corrected chi connectivity index (χ2v) is 2.94. The minimum absolute atomic E-state index is 0.268. The van der Waals surface area contributed by atoms with Crippen molar-refractivity contribution in [1.82, 2.24) is 0 Å². The highest BCUT2D eigenvalue weighted by molar-refractivity contribution is 5.42. The molecule has 0 aliphatic rings. The molecule has 1 aromatic rings. The standard InChI is InChI=1S/C9H6F6O3/c1-16-5-2-6(17-8(10,11)12)4-7(3-5)18-9(13,14)15/h2-4H,1H3. The van der Waals surface area contributed by atoms with Crippen molar-refractivity contribution < 1.29 is 40.6 Å². The summed E-state index contributed by atoms with van der Waals surface area (Å²) in [6, 6.07) is 2.00. The Bertz CT molecular complexity index is 377. The Morgan fingerprint density at radius 3 is 1.33 bits per heavy atom. The molecule has 0 N–H and O–H groups in total. The highest BCUT2D eigenvalue weighted by Gasteiger charge is 2.34. The number of rotatable bonds is 3. The molecule has 0 aliphatic heterocycles. The summed E-state index contributed by atoms with van der Waals surface area (Å²) < 4.78 is 83.0. The topological polar surface area (TPSA) is 27.7 Å². The van der Waals surface area contributed by atoms with Gasteiger partial charge in [0.05, 0.1) is 7.11 Å². The molecule has 0 heterocycles. The van der Waals surface area contributed by atoms with Gasteiger partial charge >= 0.3 is 12.7 Å². The molecule has 18 heavy (non-hydrogen) atoms. The van der Waals surface area contributed by atoms with Gasteiger partial charge in [-0.25, -0.2) is 0 Å². The van der Waals surface area contributed by atoms with Crippen molar-refractivity contribution >= 4 is 0 Å². The second kappa shape index (κ2) is 4.83. The lowest BCUT2D eigenvalue weighted by atomic mass is 10.3. The first-order chi connectivity index (χ1) is 8.09. The molecule has 1 rings (SSSR count). The van der Waals surface area contributed by atoms with Crippen LogP contribution < -0.4 is 14.2 Å². The van der Waals surface area contributed by atoms with E-state index in [2.05, 4.69) is 14.2 Å². The van der Waals surface area contributed by atoms with Crippen LogP contribution in [0.25, 0.3) is 0 Å². The predicted molar refractivity (Wildman–Crippen MR) is 46.4 cm³/mol. The molecule has 0 fully saturated rings. The summed E-state index contributed by atoms with van der Waals surface area (Å²) in [4.78, 5) is 0. The number of benzene rings is 1. The molecule has 1 aromatic carbocycles. The van der Waals surface area contributed by atoms with Crippen LogP contribution in [0.15, 0.2) is 18.2 Å². The fourth-order valence-corrected chi connectivity index (χ4v) is 1.05. The van der Waals surface area contributed by atoms with E-state index in [9.17, 15) is 26.3 Å². The molecule has 0 amide bonds. The highest BCUT2D eigenvalue weighted by Crippen LogP contribution is 2.33. The summed E-state index contributed by atoms with van der Waals surface area (Å²) in [5, 5.41) is 0. The molecule has 0 spiro atoms. The quantitative estimate of drug-likeness (QED) is 0.791. The van der Waals surface area contributed by atoms with Gasteiger partial charge in [-0.05, 0) is 0 Å². The maximum atomic E-state index is 11.9. The number of methoxy groups -OCH3 is 1. The first kappa shape index (κ1) is 14.3. The first-order valence-corrected chi connectivity index (χ1v) is 4.29. The van der Waals surface area contributed by atoms with Crippen LogP contribution in [-0.2, 0) is 0 Å². The average Bonchev–Trinajstić information content (AvgIpc) is 2.11. The number of halogens is 6. The van der Waals surface area contributed by atoms with Crippen molar-refractivity contribution in [3.63, 3.8) is 0 Å². The minimum atomic E-state index is -5.03. The van der Waals surface area contributed by atoms with Crippen molar-refractivity contribution in [2.45, 2.75) is 12.7 Å². The largest absolute Gasteiger partial charge is 0.573 e. The zero-order valence-corrected chi connectivity index (χ0v) is 8.72. The van der Waals surface area contributed by atoms with Gasteiger partial charge in [0.1, 0.15) is 17.2 Å².